The van der Waals surface area contributed by atoms with Crippen molar-refractivity contribution in [2.24, 2.45) is 0 Å². The van der Waals surface area contributed by atoms with E-state index in [0.717, 1.165) is 16.1 Å². The number of nitrogens with one attached hydrogen (secondary N) is 1. The number of rotatable bonds is 10. The highest BCUT2D eigenvalue weighted by Gasteiger charge is 2.30. The van der Waals surface area contributed by atoms with E-state index in [0.29, 0.717) is 13.0 Å². The number of carbonyl (C=O) groups is 2. The van der Waals surface area contributed by atoms with Crippen LogP contribution in [0.25, 0.3) is 0 Å². The van der Waals surface area contributed by atoms with Crippen LogP contribution >= 0.6 is 23.2 Å². The van der Waals surface area contributed by atoms with Gasteiger partial charge in [0.05, 0.1) is 17.0 Å². The number of anilines is 1. The summed E-state index contributed by atoms with van der Waals surface area (Å²) in [5, 5.41) is 3.13. The molecule has 0 aliphatic heterocycles. The van der Waals surface area contributed by atoms with Crippen molar-refractivity contribution in [1.29, 1.82) is 0 Å². The predicted molar refractivity (Wildman–Crippen MR) is 129 cm³/mol. The van der Waals surface area contributed by atoms with Crippen LogP contribution in [-0.2, 0) is 26.0 Å². The van der Waals surface area contributed by atoms with Gasteiger partial charge in [0.2, 0.25) is 21.8 Å². The van der Waals surface area contributed by atoms with Gasteiger partial charge in [0.1, 0.15) is 12.6 Å². The van der Waals surface area contributed by atoms with E-state index in [2.05, 4.69) is 5.32 Å². The summed E-state index contributed by atoms with van der Waals surface area (Å²) in [6.45, 7) is 3.54. The maximum Gasteiger partial charge on any atom is 0.244 e. The first-order valence-electron chi connectivity index (χ1n) is 10.1. The maximum atomic E-state index is 13.3. The van der Waals surface area contributed by atoms with E-state index in [1.54, 1.807) is 13.8 Å². The van der Waals surface area contributed by atoms with Gasteiger partial charge < -0.3 is 10.2 Å². The minimum atomic E-state index is -3.87. The summed E-state index contributed by atoms with van der Waals surface area (Å²) in [7, 11) is -3.87. The Kier molecular flexibility index (Phi) is 9.36. The standard InChI is InChI=1S/C22H27Cl2N3O4S/c1-4-25-22(29)16(2)26(13-12-17-8-6-5-7-9-17)21(28)15-27(32(3,30)31)20-14-18(23)10-11-19(20)24/h5-11,14,16H,4,12-13,15H2,1-3H3,(H,25,29)/t16-/m0/s1. The number of carbonyl (C=O) groups excluding carboxylic acids is 2. The van der Waals surface area contributed by atoms with E-state index in [-0.39, 0.29) is 28.2 Å². The summed E-state index contributed by atoms with van der Waals surface area (Å²) in [4.78, 5) is 27.2. The molecule has 0 radical (unpaired) electrons. The molecule has 0 aliphatic carbocycles. The molecule has 0 saturated carbocycles. The lowest BCUT2D eigenvalue weighted by Gasteiger charge is -2.31. The molecular weight excluding hydrogens is 473 g/mol. The lowest BCUT2D eigenvalue weighted by atomic mass is 10.1. The smallest absolute Gasteiger partial charge is 0.244 e. The highest BCUT2D eigenvalue weighted by molar-refractivity contribution is 7.92. The topological polar surface area (TPSA) is 86.8 Å². The molecule has 0 aliphatic rings. The second kappa shape index (κ2) is 11.5. The van der Waals surface area contributed by atoms with E-state index < -0.39 is 28.5 Å². The van der Waals surface area contributed by atoms with E-state index in [9.17, 15) is 18.0 Å². The number of sulfonamides is 1. The number of amides is 2. The van der Waals surface area contributed by atoms with Gasteiger partial charge >= 0.3 is 0 Å². The molecule has 0 heterocycles. The molecule has 174 valence electrons. The monoisotopic (exact) mass is 499 g/mol. The van der Waals surface area contributed by atoms with Crippen LogP contribution < -0.4 is 9.62 Å². The van der Waals surface area contributed by atoms with Crippen LogP contribution in [0.1, 0.15) is 19.4 Å². The molecule has 1 N–H and O–H groups in total. The second-order valence-corrected chi connectivity index (χ2v) is 10.0. The summed E-state index contributed by atoms with van der Waals surface area (Å²) >= 11 is 12.2. The molecule has 0 fully saturated rings. The second-order valence-electron chi connectivity index (χ2n) is 7.26. The predicted octanol–water partition coefficient (Wildman–Crippen LogP) is 3.36. The molecule has 0 spiro atoms. The molecule has 2 aromatic carbocycles. The molecule has 1 atom stereocenters. The van der Waals surface area contributed by atoms with Gasteiger partial charge in [-0.2, -0.15) is 0 Å². The normalized spacial score (nSPS) is 12.2. The van der Waals surface area contributed by atoms with Crippen molar-refractivity contribution >= 4 is 50.7 Å². The fourth-order valence-corrected chi connectivity index (χ4v) is 4.45. The first-order chi connectivity index (χ1) is 15.0. The molecule has 2 aromatic rings. The Bertz CT molecular complexity index is 1050. The Balaban J connectivity index is 2.34. The minimum Gasteiger partial charge on any atom is -0.355 e. The molecular formula is C22H27Cl2N3O4S. The van der Waals surface area contributed by atoms with Crippen LogP contribution in [0.5, 0.6) is 0 Å². The zero-order chi connectivity index (χ0) is 23.9. The van der Waals surface area contributed by atoms with Gasteiger partial charge in [-0.15, -0.1) is 0 Å². The van der Waals surface area contributed by atoms with Crippen LogP contribution in [0.15, 0.2) is 48.5 Å². The number of hydrogen-bond acceptors (Lipinski definition) is 4. The van der Waals surface area contributed by atoms with Crippen LogP contribution in [0.4, 0.5) is 5.69 Å². The van der Waals surface area contributed by atoms with Crippen LogP contribution in [0, 0.1) is 0 Å². The maximum absolute atomic E-state index is 13.3. The first-order valence-corrected chi connectivity index (χ1v) is 12.7. The van der Waals surface area contributed by atoms with Crippen LogP contribution in [0.2, 0.25) is 10.0 Å². The first kappa shape index (κ1) is 26.0. The Hall–Kier alpha value is -2.29. The Morgan fingerprint density at radius 1 is 1.09 bits per heavy atom. The van der Waals surface area contributed by atoms with Crippen LogP contribution in [0.3, 0.4) is 0 Å². The van der Waals surface area contributed by atoms with E-state index in [4.69, 9.17) is 23.2 Å². The van der Waals surface area contributed by atoms with Gasteiger partial charge in [0.15, 0.2) is 0 Å². The molecule has 2 amide bonds. The van der Waals surface area contributed by atoms with E-state index in [1.165, 1.54) is 23.1 Å². The van der Waals surface area contributed by atoms with E-state index in [1.807, 2.05) is 30.3 Å². The zero-order valence-corrected chi connectivity index (χ0v) is 20.5. The third-order valence-electron chi connectivity index (χ3n) is 4.86. The summed E-state index contributed by atoms with van der Waals surface area (Å²) in [5.74, 6) is -0.846. The lowest BCUT2D eigenvalue weighted by Crippen LogP contribution is -2.52. The summed E-state index contributed by atoms with van der Waals surface area (Å²) < 4.78 is 25.9. The number of halogens is 2. The lowest BCUT2D eigenvalue weighted by molar-refractivity contribution is -0.138. The number of likely N-dealkylation sites (N-methyl/N-ethyl adjacent to an activating group) is 1. The van der Waals surface area contributed by atoms with Crippen molar-refractivity contribution in [1.82, 2.24) is 10.2 Å². The third-order valence-corrected chi connectivity index (χ3v) is 6.54. The van der Waals surface area contributed by atoms with E-state index >= 15 is 0 Å². The average molecular weight is 500 g/mol. The molecule has 0 saturated heterocycles. The molecule has 0 aromatic heterocycles. The average Bonchev–Trinajstić information content (AvgIpc) is 2.74. The minimum absolute atomic E-state index is 0.101. The third kappa shape index (κ3) is 7.12. The molecule has 10 heteroatoms. The highest BCUT2D eigenvalue weighted by atomic mass is 35.5. The van der Waals surface area contributed by atoms with Gasteiger partial charge in [0.25, 0.3) is 0 Å². The summed E-state index contributed by atoms with van der Waals surface area (Å²) in [6.07, 6.45) is 1.49. The Labute approximate surface area is 199 Å². The largest absolute Gasteiger partial charge is 0.355 e. The zero-order valence-electron chi connectivity index (χ0n) is 18.2. The fourth-order valence-electron chi connectivity index (χ4n) is 3.16. The number of benzene rings is 2. The SMILES string of the molecule is CCNC(=O)[C@H](C)N(CCc1ccccc1)C(=O)CN(c1cc(Cl)ccc1Cl)S(C)(=O)=O. The summed E-state index contributed by atoms with van der Waals surface area (Å²) in [6, 6.07) is 13.1. The van der Waals surface area contributed by atoms with Gasteiger partial charge in [-0.05, 0) is 44.0 Å². The van der Waals surface area contributed by atoms with Crippen molar-refractivity contribution in [3.8, 4) is 0 Å². The Morgan fingerprint density at radius 3 is 2.34 bits per heavy atom. The van der Waals surface area contributed by atoms with Crippen LogP contribution in [-0.4, -0.2) is 57.1 Å². The van der Waals surface area contributed by atoms with Gasteiger partial charge in [-0.25, -0.2) is 8.42 Å². The molecule has 32 heavy (non-hydrogen) atoms. The van der Waals surface area contributed by atoms with Crippen molar-refractivity contribution in [2.45, 2.75) is 26.3 Å². The van der Waals surface area contributed by atoms with Crippen molar-refractivity contribution in [2.75, 3.05) is 30.2 Å². The Morgan fingerprint density at radius 2 is 1.75 bits per heavy atom. The van der Waals surface area contributed by atoms with Gasteiger partial charge in [-0.1, -0.05) is 53.5 Å². The molecule has 7 nitrogen and oxygen atoms in total. The van der Waals surface area contributed by atoms with Crippen molar-refractivity contribution < 1.29 is 18.0 Å². The molecule has 0 bridgehead atoms. The van der Waals surface area contributed by atoms with Gasteiger partial charge in [0, 0.05) is 18.1 Å². The number of nitrogens with zero attached hydrogens (tertiary/aromatic N) is 2. The summed E-state index contributed by atoms with van der Waals surface area (Å²) in [5.41, 5.74) is 1.09. The van der Waals surface area contributed by atoms with Crippen molar-refractivity contribution in [3.63, 3.8) is 0 Å². The molecule has 2 rings (SSSR count). The molecule has 0 unspecified atom stereocenters. The fraction of sp³-hybridized carbons (Fsp3) is 0.364. The van der Waals surface area contributed by atoms with Gasteiger partial charge in [-0.3, -0.25) is 13.9 Å². The van der Waals surface area contributed by atoms with Crippen molar-refractivity contribution in [3.05, 3.63) is 64.1 Å². The highest BCUT2D eigenvalue weighted by Crippen LogP contribution is 2.30. The quantitative estimate of drug-likeness (QED) is 0.542. The number of hydrogen-bond donors (Lipinski definition) is 1.